The molecule has 0 aromatic rings. The van der Waals surface area contributed by atoms with Gasteiger partial charge in [-0.2, -0.15) is 0 Å². The van der Waals surface area contributed by atoms with Gasteiger partial charge >= 0.3 is 6.09 Å². The van der Waals surface area contributed by atoms with Gasteiger partial charge in [0, 0.05) is 6.54 Å². The molecule has 1 aliphatic rings. The summed E-state index contributed by atoms with van der Waals surface area (Å²) in [6.45, 7) is 4.41. The van der Waals surface area contributed by atoms with E-state index in [1.54, 1.807) is 4.90 Å². The predicted molar refractivity (Wildman–Crippen MR) is 63.1 cm³/mol. The van der Waals surface area contributed by atoms with Crippen molar-refractivity contribution in [3.63, 3.8) is 0 Å². The van der Waals surface area contributed by atoms with Gasteiger partial charge in [-0.25, -0.2) is 4.79 Å². The molecule has 3 N–H and O–H groups in total. The summed E-state index contributed by atoms with van der Waals surface area (Å²) in [5.74, 6) is -0.134. The molecular formula is C11H21N3O3. The van der Waals surface area contributed by atoms with Crippen LogP contribution in [0.15, 0.2) is 0 Å². The zero-order valence-electron chi connectivity index (χ0n) is 10.6. The van der Waals surface area contributed by atoms with Crippen LogP contribution in [0, 0.1) is 5.92 Å². The maximum atomic E-state index is 12.2. The summed E-state index contributed by atoms with van der Waals surface area (Å²) in [5.41, 5.74) is 5.84. The third-order valence-corrected chi connectivity index (χ3v) is 2.97. The predicted octanol–water partition coefficient (Wildman–Crippen LogP) is 0.274. The van der Waals surface area contributed by atoms with Gasteiger partial charge in [-0.15, -0.1) is 0 Å². The highest BCUT2D eigenvalue weighted by molar-refractivity contribution is 5.86. The van der Waals surface area contributed by atoms with Gasteiger partial charge in [0.2, 0.25) is 5.91 Å². The molecule has 1 aliphatic heterocycles. The van der Waals surface area contributed by atoms with Crippen molar-refractivity contribution in [2.45, 2.75) is 38.9 Å². The topological polar surface area (TPSA) is 84.7 Å². The Labute approximate surface area is 101 Å². The van der Waals surface area contributed by atoms with E-state index in [0.29, 0.717) is 6.54 Å². The first-order valence-corrected chi connectivity index (χ1v) is 5.88. The van der Waals surface area contributed by atoms with Gasteiger partial charge in [-0.1, -0.05) is 13.8 Å². The second kappa shape index (κ2) is 5.86. The van der Waals surface area contributed by atoms with E-state index in [9.17, 15) is 9.59 Å². The van der Waals surface area contributed by atoms with Crippen LogP contribution in [0.1, 0.15) is 26.7 Å². The smallest absolute Gasteiger partial charge is 0.407 e. The molecule has 0 aromatic carbocycles. The average Bonchev–Trinajstić information content (AvgIpc) is 2.70. The van der Waals surface area contributed by atoms with E-state index in [1.807, 2.05) is 13.8 Å². The van der Waals surface area contributed by atoms with Crippen molar-refractivity contribution >= 4 is 12.0 Å². The van der Waals surface area contributed by atoms with Gasteiger partial charge in [0.1, 0.15) is 6.04 Å². The van der Waals surface area contributed by atoms with E-state index in [4.69, 9.17) is 5.73 Å². The maximum Gasteiger partial charge on any atom is 0.407 e. The molecule has 1 saturated heterocycles. The zero-order chi connectivity index (χ0) is 13.0. The summed E-state index contributed by atoms with van der Waals surface area (Å²) in [6, 6.07) is -0.577. The van der Waals surface area contributed by atoms with Crippen molar-refractivity contribution in [2.75, 3.05) is 13.7 Å². The second-order valence-corrected chi connectivity index (χ2v) is 4.60. The van der Waals surface area contributed by atoms with Gasteiger partial charge in [0.05, 0.1) is 13.3 Å². The molecule has 1 fully saturated rings. The third-order valence-electron chi connectivity index (χ3n) is 2.97. The lowest BCUT2D eigenvalue weighted by Crippen LogP contribution is -2.54. The summed E-state index contributed by atoms with van der Waals surface area (Å²) in [6.07, 6.45) is 0.901. The van der Waals surface area contributed by atoms with Crippen LogP contribution in [-0.2, 0) is 9.53 Å². The molecule has 1 rings (SSSR count). The number of alkyl carbamates (subject to hydrolysis) is 1. The summed E-state index contributed by atoms with van der Waals surface area (Å²) in [5, 5.41) is 2.56. The molecule has 2 atom stereocenters. The summed E-state index contributed by atoms with van der Waals surface area (Å²) in [7, 11) is 1.28. The minimum absolute atomic E-state index is 0.00519. The summed E-state index contributed by atoms with van der Waals surface area (Å²) >= 11 is 0. The molecule has 0 radical (unpaired) electrons. The second-order valence-electron chi connectivity index (χ2n) is 4.60. The molecule has 2 amide bonds. The number of hydrogen-bond acceptors (Lipinski definition) is 4. The lowest BCUT2D eigenvalue weighted by atomic mass is 10.0. The quantitative estimate of drug-likeness (QED) is 0.745. The van der Waals surface area contributed by atoms with Crippen molar-refractivity contribution in [2.24, 2.45) is 11.7 Å². The van der Waals surface area contributed by atoms with Crippen LogP contribution in [0.5, 0.6) is 0 Å². The van der Waals surface area contributed by atoms with Crippen LogP contribution in [0.4, 0.5) is 4.79 Å². The molecule has 0 spiro atoms. The Morgan fingerprint density at radius 3 is 2.53 bits per heavy atom. The van der Waals surface area contributed by atoms with E-state index in [1.165, 1.54) is 7.11 Å². The van der Waals surface area contributed by atoms with Crippen molar-refractivity contribution in [1.82, 2.24) is 10.2 Å². The highest BCUT2D eigenvalue weighted by Gasteiger charge is 2.33. The van der Waals surface area contributed by atoms with E-state index in [2.05, 4.69) is 10.1 Å². The summed E-state index contributed by atoms with van der Waals surface area (Å²) < 4.78 is 4.52. The number of amides is 2. The van der Waals surface area contributed by atoms with E-state index in [0.717, 1.165) is 12.8 Å². The van der Waals surface area contributed by atoms with E-state index >= 15 is 0 Å². The highest BCUT2D eigenvalue weighted by Crippen LogP contribution is 2.16. The first kappa shape index (κ1) is 13.8. The normalized spacial score (nSPS) is 21.5. The number of rotatable bonds is 3. The minimum atomic E-state index is -0.593. The number of nitrogens with one attached hydrogen (secondary N) is 1. The van der Waals surface area contributed by atoms with Gasteiger partial charge < -0.3 is 20.7 Å². The SMILES string of the molecule is COC(=O)NC(C(=O)N1CCCC1N)C(C)C. The molecule has 17 heavy (non-hydrogen) atoms. The lowest BCUT2D eigenvalue weighted by molar-refractivity contribution is -0.135. The molecule has 0 bridgehead atoms. The number of ether oxygens (including phenoxy) is 1. The number of methoxy groups -OCH3 is 1. The number of nitrogens with zero attached hydrogens (tertiary/aromatic N) is 1. The lowest BCUT2D eigenvalue weighted by Gasteiger charge is -2.28. The number of carbonyl (C=O) groups excluding carboxylic acids is 2. The Bertz CT molecular complexity index is 294. The number of nitrogens with two attached hydrogens (primary N) is 1. The van der Waals surface area contributed by atoms with Crippen molar-refractivity contribution in [3.05, 3.63) is 0 Å². The molecule has 98 valence electrons. The van der Waals surface area contributed by atoms with Crippen LogP contribution in [0.3, 0.4) is 0 Å². The van der Waals surface area contributed by atoms with E-state index < -0.39 is 12.1 Å². The fourth-order valence-corrected chi connectivity index (χ4v) is 1.94. The Morgan fingerprint density at radius 2 is 2.12 bits per heavy atom. The Hall–Kier alpha value is -1.30. The van der Waals surface area contributed by atoms with Gasteiger partial charge in [0.15, 0.2) is 0 Å². The highest BCUT2D eigenvalue weighted by atomic mass is 16.5. The fraction of sp³-hybridized carbons (Fsp3) is 0.818. The molecule has 1 heterocycles. The molecule has 0 aliphatic carbocycles. The Balaban J connectivity index is 2.69. The average molecular weight is 243 g/mol. The zero-order valence-corrected chi connectivity index (χ0v) is 10.6. The maximum absolute atomic E-state index is 12.2. The third kappa shape index (κ3) is 3.33. The van der Waals surface area contributed by atoms with Crippen molar-refractivity contribution in [3.8, 4) is 0 Å². The first-order valence-electron chi connectivity index (χ1n) is 5.88. The molecule has 6 nitrogen and oxygen atoms in total. The Kier molecular flexibility index (Phi) is 4.74. The molecule has 2 unspecified atom stereocenters. The minimum Gasteiger partial charge on any atom is -0.453 e. The Morgan fingerprint density at radius 1 is 1.47 bits per heavy atom. The van der Waals surface area contributed by atoms with Crippen LogP contribution >= 0.6 is 0 Å². The summed E-state index contributed by atoms with van der Waals surface area (Å²) in [4.78, 5) is 25.0. The largest absolute Gasteiger partial charge is 0.453 e. The fourth-order valence-electron chi connectivity index (χ4n) is 1.94. The number of likely N-dealkylation sites (tertiary alicyclic amines) is 1. The molecule has 0 saturated carbocycles. The molecule has 6 heteroatoms. The monoisotopic (exact) mass is 243 g/mol. The molecular weight excluding hydrogens is 222 g/mol. The first-order chi connectivity index (χ1) is 7.97. The van der Waals surface area contributed by atoms with Crippen LogP contribution in [0.25, 0.3) is 0 Å². The van der Waals surface area contributed by atoms with Crippen LogP contribution in [0.2, 0.25) is 0 Å². The van der Waals surface area contributed by atoms with Crippen molar-refractivity contribution < 1.29 is 14.3 Å². The van der Waals surface area contributed by atoms with Crippen LogP contribution < -0.4 is 11.1 Å². The van der Waals surface area contributed by atoms with Crippen molar-refractivity contribution in [1.29, 1.82) is 0 Å². The van der Waals surface area contributed by atoms with Gasteiger partial charge in [-0.3, -0.25) is 4.79 Å². The number of carbonyl (C=O) groups is 2. The van der Waals surface area contributed by atoms with Crippen LogP contribution in [-0.4, -0.2) is 42.8 Å². The number of hydrogen-bond donors (Lipinski definition) is 2. The van der Waals surface area contributed by atoms with Gasteiger partial charge in [0.25, 0.3) is 0 Å². The molecule has 0 aromatic heterocycles. The van der Waals surface area contributed by atoms with Gasteiger partial charge in [-0.05, 0) is 18.8 Å². The standard InChI is InChI=1S/C11H21N3O3/c1-7(2)9(13-11(16)17-3)10(15)14-6-4-5-8(14)12/h7-9H,4-6,12H2,1-3H3,(H,13,16). The van der Waals surface area contributed by atoms with E-state index in [-0.39, 0.29) is 18.0 Å².